The van der Waals surface area contributed by atoms with Gasteiger partial charge in [0.2, 0.25) is 0 Å². The molecule has 1 N–H and O–H groups in total. The summed E-state index contributed by atoms with van der Waals surface area (Å²) in [5.41, 5.74) is 0. The summed E-state index contributed by atoms with van der Waals surface area (Å²) < 4.78 is 17.1. The van der Waals surface area contributed by atoms with Crippen molar-refractivity contribution in [3.8, 4) is 0 Å². The Morgan fingerprint density at radius 3 is 1.41 bits per heavy atom. The quantitative estimate of drug-likeness (QED) is 0.0285. The lowest BCUT2D eigenvalue weighted by Crippen LogP contribution is -2.50. The van der Waals surface area contributed by atoms with Gasteiger partial charge in [-0.05, 0) is 25.7 Å². The Bertz CT molecular complexity index is 1020. The van der Waals surface area contributed by atoms with Gasteiger partial charge >= 0.3 is 17.9 Å². The molecule has 0 saturated heterocycles. The second kappa shape index (κ2) is 39.4. The maximum atomic E-state index is 12.7. The highest BCUT2D eigenvalue weighted by Crippen LogP contribution is 2.16. The highest BCUT2D eigenvalue weighted by molar-refractivity contribution is 5.72. The largest absolute Gasteiger partial charge is 0.477 e. The van der Waals surface area contributed by atoms with E-state index in [0.29, 0.717) is 12.8 Å². The molecule has 0 aliphatic rings. The van der Waals surface area contributed by atoms with Gasteiger partial charge in [0.05, 0.1) is 40.8 Å². The molecule has 0 bridgehead atoms. The Morgan fingerprint density at radius 1 is 0.554 bits per heavy atom. The molecule has 2 atom stereocenters. The monoisotopic (exact) mass is 791 g/mol. The molecule has 0 aromatic carbocycles. The predicted molar refractivity (Wildman–Crippen MR) is 234 cm³/mol. The average Bonchev–Trinajstić information content (AvgIpc) is 3.15. The zero-order valence-corrected chi connectivity index (χ0v) is 37.1. The van der Waals surface area contributed by atoms with Crippen LogP contribution in [0.2, 0.25) is 0 Å². The van der Waals surface area contributed by atoms with Crippen molar-refractivity contribution in [2.24, 2.45) is 0 Å². The third-order valence-corrected chi connectivity index (χ3v) is 10.3. The third-order valence-electron chi connectivity index (χ3n) is 10.3. The van der Waals surface area contributed by atoms with Gasteiger partial charge in [0.15, 0.2) is 12.1 Å². The van der Waals surface area contributed by atoms with Gasteiger partial charge in [0.25, 0.3) is 0 Å². The number of hydrogen-bond donors (Lipinski definition) is 1. The molecular weight excluding hydrogens is 703 g/mol. The molecule has 0 aromatic heterocycles. The van der Waals surface area contributed by atoms with Gasteiger partial charge in [-0.1, -0.05) is 192 Å². The second-order valence-electron chi connectivity index (χ2n) is 16.7. The van der Waals surface area contributed by atoms with Crippen LogP contribution in [0.15, 0.2) is 36.5 Å². The van der Waals surface area contributed by atoms with Gasteiger partial charge in [-0.2, -0.15) is 0 Å². The molecule has 326 valence electrons. The summed E-state index contributed by atoms with van der Waals surface area (Å²) in [6, 6.07) is -0.623. The Morgan fingerprint density at radius 2 is 0.982 bits per heavy atom. The Kier molecular flexibility index (Phi) is 37.7. The molecule has 2 unspecified atom stereocenters. The minimum atomic E-state index is -0.884. The lowest BCUT2D eigenvalue weighted by Gasteiger charge is -2.31. The number of carbonyl (C=O) groups excluding carboxylic acids is 2. The molecular formula is C48H88NO7+. The van der Waals surface area contributed by atoms with E-state index in [2.05, 4.69) is 38.2 Å². The van der Waals surface area contributed by atoms with E-state index < -0.39 is 24.1 Å². The summed E-state index contributed by atoms with van der Waals surface area (Å²) in [5, 5.41) is 9.60. The number of quaternary nitrogens is 1. The molecule has 0 radical (unpaired) electrons. The molecule has 0 aliphatic heterocycles. The number of carbonyl (C=O) groups is 3. The summed E-state index contributed by atoms with van der Waals surface area (Å²) in [4.78, 5) is 36.8. The Hall–Kier alpha value is -2.45. The summed E-state index contributed by atoms with van der Waals surface area (Å²) in [5.74, 6) is -1.61. The van der Waals surface area contributed by atoms with Crippen LogP contribution in [0.3, 0.4) is 0 Å². The standard InChI is InChI=1S/C48H87NO7/c1-6-8-10-12-14-16-17-18-19-20-21-22-23-24-25-26-27-28-29-31-33-35-37-39-47(51)56-44(42-54-41-40-45(48(52)53)49(3,4)5)43-55-46(50)38-36-34-32-30-15-13-11-9-7-2/h9,11,15,30,34,36,44-45H,6-8,10,12-14,16-29,31-33,35,37-43H2,1-5H3/p+1/b11-9+,30-15+,36-34+. The predicted octanol–water partition coefficient (Wildman–Crippen LogP) is 12.6. The maximum Gasteiger partial charge on any atom is 0.362 e. The summed E-state index contributed by atoms with van der Waals surface area (Å²) in [6.45, 7) is 4.52. The molecule has 0 rings (SSSR count). The number of rotatable bonds is 41. The maximum absolute atomic E-state index is 12.7. The van der Waals surface area contributed by atoms with Gasteiger partial charge in [-0.3, -0.25) is 9.59 Å². The third kappa shape index (κ3) is 37.1. The number of hydrogen-bond acceptors (Lipinski definition) is 6. The average molecular weight is 791 g/mol. The molecule has 0 aliphatic carbocycles. The summed E-state index contributed by atoms with van der Waals surface area (Å²) in [6.07, 6.45) is 45.3. The number of ether oxygens (including phenoxy) is 3. The molecule has 0 heterocycles. The number of nitrogens with zero attached hydrogens (tertiary/aromatic N) is 1. The van der Waals surface area contributed by atoms with Crippen molar-refractivity contribution in [1.82, 2.24) is 0 Å². The minimum Gasteiger partial charge on any atom is -0.477 e. The van der Waals surface area contributed by atoms with Crippen LogP contribution in [0.1, 0.15) is 200 Å². The van der Waals surface area contributed by atoms with Crippen molar-refractivity contribution < 1.29 is 38.2 Å². The highest BCUT2D eigenvalue weighted by Gasteiger charge is 2.31. The number of likely N-dealkylation sites (N-methyl/N-ethyl adjacent to an activating group) is 1. The lowest BCUT2D eigenvalue weighted by atomic mass is 10.0. The highest BCUT2D eigenvalue weighted by atomic mass is 16.6. The van der Waals surface area contributed by atoms with Crippen LogP contribution in [-0.2, 0) is 28.6 Å². The van der Waals surface area contributed by atoms with Crippen LogP contribution in [0.25, 0.3) is 0 Å². The first-order chi connectivity index (χ1) is 27.1. The first kappa shape index (κ1) is 53.6. The topological polar surface area (TPSA) is 99.1 Å². The zero-order valence-electron chi connectivity index (χ0n) is 37.1. The van der Waals surface area contributed by atoms with Crippen LogP contribution in [0, 0.1) is 0 Å². The molecule has 0 amide bonds. The molecule has 56 heavy (non-hydrogen) atoms. The van der Waals surface area contributed by atoms with E-state index in [1.165, 1.54) is 128 Å². The fraction of sp³-hybridized carbons (Fsp3) is 0.812. The smallest absolute Gasteiger partial charge is 0.362 e. The van der Waals surface area contributed by atoms with E-state index in [4.69, 9.17) is 14.2 Å². The lowest BCUT2D eigenvalue weighted by molar-refractivity contribution is -0.887. The van der Waals surface area contributed by atoms with Crippen LogP contribution < -0.4 is 0 Å². The van der Waals surface area contributed by atoms with E-state index >= 15 is 0 Å². The molecule has 0 saturated carbocycles. The van der Waals surface area contributed by atoms with Crippen molar-refractivity contribution in [1.29, 1.82) is 0 Å². The van der Waals surface area contributed by atoms with E-state index in [1.807, 2.05) is 27.2 Å². The number of unbranched alkanes of at least 4 members (excludes halogenated alkanes) is 22. The van der Waals surface area contributed by atoms with Crippen molar-refractivity contribution >= 4 is 17.9 Å². The number of carboxylic acids is 1. The van der Waals surface area contributed by atoms with Gasteiger partial charge in [0, 0.05) is 12.8 Å². The molecule has 8 heteroatoms. The number of allylic oxidation sites excluding steroid dienone is 5. The van der Waals surface area contributed by atoms with E-state index in [9.17, 15) is 19.5 Å². The van der Waals surface area contributed by atoms with Gasteiger partial charge in [0.1, 0.15) is 6.61 Å². The summed E-state index contributed by atoms with van der Waals surface area (Å²) in [7, 11) is 5.50. The zero-order chi connectivity index (χ0) is 41.4. The summed E-state index contributed by atoms with van der Waals surface area (Å²) >= 11 is 0. The van der Waals surface area contributed by atoms with Gasteiger partial charge in [-0.15, -0.1) is 0 Å². The first-order valence-corrected chi connectivity index (χ1v) is 23.0. The van der Waals surface area contributed by atoms with E-state index in [1.54, 1.807) is 6.08 Å². The van der Waals surface area contributed by atoms with Crippen LogP contribution >= 0.6 is 0 Å². The van der Waals surface area contributed by atoms with Crippen molar-refractivity contribution in [3.05, 3.63) is 36.5 Å². The van der Waals surface area contributed by atoms with Gasteiger partial charge in [-0.25, -0.2) is 4.79 Å². The minimum absolute atomic E-state index is 0.0367. The SMILES string of the molecule is CC/C=C/C/C=C/C/C=C/CC(=O)OCC(COCCC(C(=O)O)[N+](C)(C)C)OC(=O)CCCCCCCCCCCCCCCCCCCCCCCCC. The molecule has 0 fully saturated rings. The van der Waals surface area contributed by atoms with Crippen LogP contribution in [0.5, 0.6) is 0 Å². The van der Waals surface area contributed by atoms with Crippen molar-refractivity contribution in [2.45, 2.75) is 212 Å². The fourth-order valence-electron chi connectivity index (χ4n) is 6.80. The Balaban J connectivity index is 4.17. The van der Waals surface area contributed by atoms with Crippen molar-refractivity contribution in [2.75, 3.05) is 41.0 Å². The van der Waals surface area contributed by atoms with E-state index in [0.717, 1.165) is 38.5 Å². The van der Waals surface area contributed by atoms with Crippen molar-refractivity contribution in [3.63, 3.8) is 0 Å². The van der Waals surface area contributed by atoms with Gasteiger partial charge < -0.3 is 23.8 Å². The van der Waals surface area contributed by atoms with Crippen LogP contribution in [-0.4, -0.2) is 80.6 Å². The second-order valence-corrected chi connectivity index (χ2v) is 16.7. The number of carboxylic acid groups (broad SMARTS) is 1. The fourth-order valence-corrected chi connectivity index (χ4v) is 6.80. The van der Waals surface area contributed by atoms with Crippen LogP contribution in [0.4, 0.5) is 0 Å². The Labute approximate surface area is 344 Å². The number of esters is 2. The normalized spacial score (nSPS) is 13.2. The molecule has 0 spiro atoms. The first-order valence-electron chi connectivity index (χ1n) is 23.0. The van der Waals surface area contributed by atoms with E-state index in [-0.39, 0.29) is 36.7 Å². The molecule has 0 aromatic rings. The number of aliphatic carboxylic acids is 1. The molecule has 8 nitrogen and oxygen atoms in total.